The fourth-order valence-corrected chi connectivity index (χ4v) is 5.34. The summed E-state index contributed by atoms with van der Waals surface area (Å²) in [6.45, 7) is 1.83. The van der Waals surface area contributed by atoms with Crippen LogP contribution >= 0.6 is 23.1 Å². The molecule has 4 rings (SSSR count). The van der Waals surface area contributed by atoms with Gasteiger partial charge in [-0.2, -0.15) is 5.26 Å². The Balaban J connectivity index is 1.78. The van der Waals surface area contributed by atoms with Crippen molar-refractivity contribution in [1.82, 2.24) is 9.88 Å². The van der Waals surface area contributed by atoms with Gasteiger partial charge in [0.05, 0.1) is 12.7 Å². The molecule has 1 aromatic carbocycles. The van der Waals surface area contributed by atoms with Crippen LogP contribution < -0.4 is 4.74 Å². The topological polar surface area (TPSA) is 49.1 Å². The van der Waals surface area contributed by atoms with Crippen molar-refractivity contribution in [2.24, 2.45) is 0 Å². The lowest BCUT2D eigenvalue weighted by atomic mass is 9.96. The van der Waals surface area contributed by atoms with Gasteiger partial charge in [-0.3, -0.25) is 0 Å². The van der Waals surface area contributed by atoms with Crippen molar-refractivity contribution in [3.63, 3.8) is 0 Å². The van der Waals surface area contributed by atoms with E-state index in [1.807, 2.05) is 24.3 Å². The molecule has 0 radical (unpaired) electrons. The van der Waals surface area contributed by atoms with E-state index in [0.717, 1.165) is 52.0 Å². The van der Waals surface area contributed by atoms with Crippen LogP contribution in [-0.4, -0.2) is 30.6 Å². The standard InChI is InChI=1S/C22H21N3OS2/c1-25-10-9-18-17(13-25)21(20-8-5-11-27-20)16(12-23)22(24-18)28-14-15-6-3-4-7-19(15)26-2/h3-8,11H,9-10,13-14H2,1-2H3. The van der Waals surface area contributed by atoms with E-state index in [2.05, 4.69) is 35.5 Å². The number of thioether (sulfide) groups is 1. The number of hydrogen-bond acceptors (Lipinski definition) is 6. The Morgan fingerprint density at radius 3 is 2.89 bits per heavy atom. The lowest BCUT2D eigenvalue weighted by molar-refractivity contribution is 0.310. The van der Waals surface area contributed by atoms with Gasteiger partial charge in [-0.25, -0.2) is 4.98 Å². The van der Waals surface area contributed by atoms with Crippen LogP contribution in [0.5, 0.6) is 5.75 Å². The normalized spacial score (nSPS) is 13.8. The van der Waals surface area contributed by atoms with E-state index in [-0.39, 0.29) is 0 Å². The summed E-state index contributed by atoms with van der Waals surface area (Å²) in [6.07, 6.45) is 0.915. The van der Waals surface area contributed by atoms with Crippen LogP contribution in [0.25, 0.3) is 10.4 Å². The largest absolute Gasteiger partial charge is 0.496 e. The number of likely N-dealkylation sites (N-methyl/N-ethyl adjacent to an activating group) is 1. The molecule has 0 amide bonds. The molecule has 28 heavy (non-hydrogen) atoms. The number of hydrogen-bond donors (Lipinski definition) is 0. The summed E-state index contributed by atoms with van der Waals surface area (Å²) < 4.78 is 5.47. The highest BCUT2D eigenvalue weighted by Crippen LogP contribution is 2.40. The molecule has 6 heteroatoms. The minimum atomic E-state index is 0.691. The van der Waals surface area contributed by atoms with Gasteiger partial charge < -0.3 is 9.64 Å². The summed E-state index contributed by atoms with van der Waals surface area (Å²) in [4.78, 5) is 8.38. The van der Waals surface area contributed by atoms with Crippen LogP contribution in [0, 0.1) is 11.3 Å². The Kier molecular flexibility index (Phi) is 5.67. The maximum atomic E-state index is 10.0. The van der Waals surface area contributed by atoms with Crippen LogP contribution in [0.3, 0.4) is 0 Å². The molecule has 0 unspecified atom stereocenters. The molecular formula is C22H21N3OS2. The predicted molar refractivity (Wildman–Crippen MR) is 115 cm³/mol. The average Bonchev–Trinajstić information content (AvgIpc) is 3.25. The van der Waals surface area contributed by atoms with Crippen molar-refractivity contribution in [2.75, 3.05) is 20.7 Å². The minimum absolute atomic E-state index is 0.691. The number of rotatable bonds is 5. The highest BCUT2D eigenvalue weighted by molar-refractivity contribution is 7.98. The van der Waals surface area contributed by atoms with E-state index in [4.69, 9.17) is 9.72 Å². The van der Waals surface area contributed by atoms with Gasteiger partial charge in [0.1, 0.15) is 16.8 Å². The van der Waals surface area contributed by atoms with Crippen molar-refractivity contribution in [1.29, 1.82) is 5.26 Å². The first-order chi connectivity index (χ1) is 13.7. The van der Waals surface area contributed by atoms with Gasteiger partial charge in [-0.1, -0.05) is 24.3 Å². The lowest BCUT2D eigenvalue weighted by Gasteiger charge is -2.27. The maximum absolute atomic E-state index is 10.0. The first kappa shape index (κ1) is 19.0. The number of methoxy groups -OCH3 is 1. The number of fused-ring (bicyclic) bond motifs is 1. The Hall–Kier alpha value is -2.33. The Labute approximate surface area is 173 Å². The second kappa shape index (κ2) is 8.36. The molecule has 0 aliphatic carbocycles. The summed E-state index contributed by atoms with van der Waals surface area (Å²) >= 11 is 3.30. The number of nitrogens with zero attached hydrogens (tertiary/aromatic N) is 3. The van der Waals surface area contributed by atoms with Crippen molar-refractivity contribution in [3.05, 3.63) is 64.2 Å². The Bertz CT molecular complexity index is 1030. The predicted octanol–water partition coefficient (Wildman–Crippen LogP) is 4.97. The van der Waals surface area contributed by atoms with Crippen LogP contribution in [0.15, 0.2) is 46.8 Å². The number of para-hydroxylation sites is 1. The van der Waals surface area contributed by atoms with Gasteiger partial charge >= 0.3 is 0 Å². The third kappa shape index (κ3) is 3.66. The summed E-state index contributed by atoms with van der Waals surface area (Å²) in [5.41, 5.74) is 5.20. The number of aromatic nitrogens is 1. The molecule has 0 spiro atoms. The highest BCUT2D eigenvalue weighted by Gasteiger charge is 2.25. The van der Waals surface area contributed by atoms with E-state index in [9.17, 15) is 5.26 Å². The summed E-state index contributed by atoms with van der Waals surface area (Å²) in [5.74, 6) is 1.58. The van der Waals surface area contributed by atoms with E-state index >= 15 is 0 Å². The van der Waals surface area contributed by atoms with Crippen LogP contribution in [-0.2, 0) is 18.7 Å². The van der Waals surface area contributed by atoms with Crippen molar-refractivity contribution >= 4 is 23.1 Å². The Morgan fingerprint density at radius 1 is 1.29 bits per heavy atom. The number of pyridine rings is 1. The number of ether oxygens (including phenoxy) is 1. The van der Waals surface area contributed by atoms with Crippen molar-refractivity contribution in [2.45, 2.75) is 23.7 Å². The molecule has 1 aliphatic heterocycles. The van der Waals surface area contributed by atoms with E-state index < -0.39 is 0 Å². The number of benzene rings is 1. The number of nitriles is 1. The molecule has 4 nitrogen and oxygen atoms in total. The van der Waals surface area contributed by atoms with E-state index in [0.29, 0.717) is 11.3 Å². The first-order valence-corrected chi connectivity index (χ1v) is 11.0. The second-order valence-corrected chi connectivity index (χ2v) is 8.68. The zero-order chi connectivity index (χ0) is 19.5. The van der Waals surface area contributed by atoms with Crippen LogP contribution in [0.1, 0.15) is 22.4 Å². The molecular weight excluding hydrogens is 386 g/mol. The molecule has 0 N–H and O–H groups in total. The van der Waals surface area contributed by atoms with Gasteiger partial charge in [0.15, 0.2) is 0 Å². The summed E-state index contributed by atoms with van der Waals surface area (Å²) in [5, 5.41) is 12.9. The SMILES string of the molecule is COc1ccccc1CSc1nc2c(c(-c3cccs3)c1C#N)CN(C)CC2. The zero-order valence-electron chi connectivity index (χ0n) is 15.9. The third-order valence-corrected chi connectivity index (χ3v) is 6.86. The average molecular weight is 408 g/mol. The molecule has 3 heterocycles. The molecule has 2 aromatic heterocycles. The smallest absolute Gasteiger partial charge is 0.122 e. The molecule has 0 atom stereocenters. The third-order valence-electron chi connectivity index (χ3n) is 4.95. The molecule has 0 bridgehead atoms. The maximum Gasteiger partial charge on any atom is 0.122 e. The van der Waals surface area contributed by atoms with Gasteiger partial charge in [0.25, 0.3) is 0 Å². The lowest BCUT2D eigenvalue weighted by Crippen LogP contribution is -2.28. The zero-order valence-corrected chi connectivity index (χ0v) is 17.6. The first-order valence-electron chi connectivity index (χ1n) is 9.14. The van der Waals surface area contributed by atoms with Gasteiger partial charge in [-0.05, 0) is 30.1 Å². The quantitative estimate of drug-likeness (QED) is 0.559. The van der Waals surface area contributed by atoms with E-state index in [1.54, 1.807) is 30.2 Å². The van der Waals surface area contributed by atoms with E-state index in [1.165, 1.54) is 5.56 Å². The molecule has 3 aromatic rings. The van der Waals surface area contributed by atoms with Crippen molar-refractivity contribution < 1.29 is 4.74 Å². The van der Waals surface area contributed by atoms with Crippen molar-refractivity contribution in [3.8, 4) is 22.3 Å². The number of thiophene rings is 1. The monoisotopic (exact) mass is 407 g/mol. The van der Waals surface area contributed by atoms with Gasteiger partial charge in [0.2, 0.25) is 0 Å². The minimum Gasteiger partial charge on any atom is -0.496 e. The molecule has 1 aliphatic rings. The van der Waals surface area contributed by atoms with Gasteiger partial charge in [0, 0.05) is 47.0 Å². The molecule has 0 saturated heterocycles. The second-order valence-electron chi connectivity index (χ2n) is 6.77. The molecule has 142 valence electrons. The highest BCUT2D eigenvalue weighted by atomic mass is 32.2. The van der Waals surface area contributed by atoms with Gasteiger partial charge in [-0.15, -0.1) is 23.1 Å². The fraction of sp³-hybridized carbons (Fsp3) is 0.273. The van der Waals surface area contributed by atoms with Crippen LogP contribution in [0.2, 0.25) is 0 Å². The molecule has 0 saturated carbocycles. The Morgan fingerprint density at radius 2 is 2.14 bits per heavy atom. The molecule has 0 fully saturated rings. The summed E-state index contributed by atoms with van der Waals surface area (Å²) in [7, 11) is 3.81. The summed E-state index contributed by atoms with van der Waals surface area (Å²) in [6, 6.07) is 14.6. The fourth-order valence-electron chi connectivity index (χ4n) is 3.54. The van der Waals surface area contributed by atoms with Crippen LogP contribution in [0.4, 0.5) is 0 Å².